The first-order valence-corrected chi connectivity index (χ1v) is 8.93. The predicted octanol–water partition coefficient (Wildman–Crippen LogP) is 3.39. The molecule has 0 bridgehead atoms. The number of carbonyl (C=O) groups excluding carboxylic acids is 1. The molecule has 0 aromatic heterocycles. The summed E-state index contributed by atoms with van der Waals surface area (Å²) in [5.41, 5.74) is 0.520. The molecule has 0 fully saturated rings. The van der Waals surface area contributed by atoms with Gasteiger partial charge in [0.25, 0.3) is 0 Å². The highest BCUT2D eigenvalue weighted by Crippen LogP contribution is 2.28. The number of nitrogens with zero attached hydrogens (tertiary/aromatic N) is 2. The van der Waals surface area contributed by atoms with Gasteiger partial charge in [-0.2, -0.15) is 18.4 Å². The van der Waals surface area contributed by atoms with Gasteiger partial charge in [-0.3, -0.25) is 9.69 Å². The van der Waals surface area contributed by atoms with E-state index in [-0.39, 0.29) is 19.1 Å². The molecule has 1 rings (SSSR count). The summed E-state index contributed by atoms with van der Waals surface area (Å²) in [6.07, 6.45) is -4.39. The highest BCUT2D eigenvalue weighted by atomic mass is 32.2. The molecule has 1 aromatic rings. The Bertz CT molecular complexity index is 620. The lowest BCUT2D eigenvalue weighted by atomic mass is 10.3. The summed E-state index contributed by atoms with van der Waals surface area (Å²) in [5.74, 6) is -0.135. The second-order valence-electron chi connectivity index (χ2n) is 5.70. The number of nitriles is 1. The number of carbonyl (C=O) groups is 1. The fourth-order valence-electron chi connectivity index (χ4n) is 2.03. The number of alkyl halides is 3. The number of amides is 1. The lowest BCUT2D eigenvalue weighted by Crippen LogP contribution is -2.41. The third-order valence-corrected chi connectivity index (χ3v) is 4.59. The van der Waals surface area contributed by atoms with Gasteiger partial charge in [-0.15, -0.1) is 11.8 Å². The van der Waals surface area contributed by atoms with Gasteiger partial charge in [0.1, 0.15) is 0 Å². The van der Waals surface area contributed by atoms with Crippen LogP contribution in [0.5, 0.6) is 0 Å². The maximum atomic E-state index is 12.6. The second kappa shape index (κ2) is 11.1. The molecule has 0 radical (unpaired) electrons. The standard InChI is InChI=1S/C17H22F3N3O2S/c1-13(9-21)11-26-15-6-4-3-5-14(15)22-16(24)10-23(7-8-25-2)12-17(18,19)20/h3-6,13H,7-8,10-12H2,1-2H3,(H,22,24). The molecule has 144 valence electrons. The number of thioether (sulfide) groups is 1. The zero-order chi connectivity index (χ0) is 19.6. The Morgan fingerprint density at radius 2 is 2.12 bits per heavy atom. The lowest BCUT2D eigenvalue weighted by molar-refractivity contribution is -0.149. The number of methoxy groups -OCH3 is 1. The molecule has 1 amide bonds. The van der Waals surface area contributed by atoms with E-state index in [1.807, 2.05) is 0 Å². The Labute approximate surface area is 155 Å². The molecule has 1 aromatic carbocycles. The van der Waals surface area contributed by atoms with Crippen molar-refractivity contribution < 1.29 is 22.7 Å². The van der Waals surface area contributed by atoms with Gasteiger partial charge in [0.15, 0.2) is 0 Å². The van der Waals surface area contributed by atoms with Crippen LogP contribution in [-0.4, -0.2) is 56.1 Å². The fourth-order valence-corrected chi connectivity index (χ4v) is 2.98. The van der Waals surface area contributed by atoms with Crippen molar-refractivity contribution in [1.82, 2.24) is 4.90 Å². The molecule has 0 aliphatic carbocycles. The molecular weight excluding hydrogens is 367 g/mol. The van der Waals surface area contributed by atoms with E-state index < -0.39 is 25.2 Å². The maximum absolute atomic E-state index is 12.6. The van der Waals surface area contributed by atoms with Crippen LogP contribution in [0.4, 0.5) is 18.9 Å². The monoisotopic (exact) mass is 389 g/mol. The van der Waals surface area contributed by atoms with Crippen molar-refractivity contribution >= 4 is 23.4 Å². The highest BCUT2D eigenvalue weighted by Gasteiger charge is 2.31. The van der Waals surface area contributed by atoms with Crippen molar-refractivity contribution in [3.63, 3.8) is 0 Å². The summed E-state index contributed by atoms with van der Waals surface area (Å²) in [6.45, 7) is 0.316. The molecule has 0 saturated heterocycles. The third kappa shape index (κ3) is 9.08. The van der Waals surface area contributed by atoms with Gasteiger partial charge in [0.2, 0.25) is 5.91 Å². The number of halogens is 3. The molecule has 0 aliphatic rings. The molecule has 0 heterocycles. The quantitative estimate of drug-likeness (QED) is 0.622. The van der Waals surface area contributed by atoms with Gasteiger partial charge in [-0.25, -0.2) is 0 Å². The molecule has 1 unspecified atom stereocenters. The summed E-state index contributed by atoms with van der Waals surface area (Å²) in [5, 5.41) is 11.5. The summed E-state index contributed by atoms with van der Waals surface area (Å²) in [7, 11) is 1.39. The van der Waals surface area contributed by atoms with Gasteiger partial charge in [-0.05, 0) is 19.1 Å². The highest BCUT2D eigenvalue weighted by molar-refractivity contribution is 7.99. The van der Waals surface area contributed by atoms with E-state index in [4.69, 9.17) is 10.00 Å². The van der Waals surface area contributed by atoms with Crippen LogP contribution in [0.15, 0.2) is 29.2 Å². The van der Waals surface area contributed by atoms with Crippen LogP contribution in [0.2, 0.25) is 0 Å². The Kier molecular flexibility index (Phi) is 9.48. The average molecular weight is 389 g/mol. The maximum Gasteiger partial charge on any atom is 0.401 e. The summed E-state index contributed by atoms with van der Waals surface area (Å²) < 4.78 is 42.7. The number of benzene rings is 1. The van der Waals surface area contributed by atoms with Gasteiger partial charge < -0.3 is 10.1 Å². The zero-order valence-corrected chi connectivity index (χ0v) is 15.5. The third-order valence-electron chi connectivity index (χ3n) is 3.25. The van der Waals surface area contributed by atoms with Crippen LogP contribution in [0.3, 0.4) is 0 Å². The van der Waals surface area contributed by atoms with Crippen molar-refractivity contribution in [2.75, 3.05) is 44.4 Å². The van der Waals surface area contributed by atoms with Crippen molar-refractivity contribution in [2.24, 2.45) is 5.92 Å². The summed E-state index contributed by atoms with van der Waals surface area (Å²) >= 11 is 1.41. The number of para-hydroxylation sites is 1. The number of ether oxygens (including phenoxy) is 1. The first-order chi connectivity index (χ1) is 12.2. The molecule has 0 aliphatic heterocycles. The van der Waals surface area contributed by atoms with E-state index in [2.05, 4.69) is 11.4 Å². The van der Waals surface area contributed by atoms with E-state index in [0.717, 1.165) is 9.80 Å². The van der Waals surface area contributed by atoms with Crippen LogP contribution in [0, 0.1) is 17.2 Å². The summed E-state index contributed by atoms with van der Waals surface area (Å²) in [6, 6.07) is 9.13. The minimum atomic E-state index is -4.39. The normalized spacial score (nSPS) is 12.7. The average Bonchev–Trinajstić information content (AvgIpc) is 2.57. The molecule has 1 N–H and O–H groups in total. The topological polar surface area (TPSA) is 65.4 Å². The fraction of sp³-hybridized carbons (Fsp3) is 0.529. The minimum Gasteiger partial charge on any atom is -0.383 e. The van der Waals surface area contributed by atoms with Gasteiger partial charge in [0, 0.05) is 24.3 Å². The Morgan fingerprint density at radius 1 is 1.42 bits per heavy atom. The first-order valence-electron chi connectivity index (χ1n) is 7.94. The van der Waals surface area contributed by atoms with Crippen molar-refractivity contribution in [3.05, 3.63) is 24.3 Å². The smallest absolute Gasteiger partial charge is 0.383 e. The molecule has 5 nitrogen and oxygen atoms in total. The largest absolute Gasteiger partial charge is 0.401 e. The molecule has 1 atom stereocenters. The van der Waals surface area contributed by atoms with E-state index in [1.165, 1.54) is 18.9 Å². The molecule has 9 heteroatoms. The SMILES string of the molecule is COCCN(CC(=O)Nc1ccccc1SCC(C)C#N)CC(F)(F)F. The van der Waals surface area contributed by atoms with Crippen molar-refractivity contribution in [1.29, 1.82) is 5.26 Å². The summed E-state index contributed by atoms with van der Waals surface area (Å²) in [4.78, 5) is 14.0. The number of hydrogen-bond donors (Lipinski definition) is 1. The number of hydrogen-bond acceptors (Lipinski definition) is 5. The minimum absolute atomic E-state index is 0.000485. The van der Waals surface area contributed by atoms with Crippen LogP contribution in [0.25, 0.3) is 0 Å². The molecule has 0 spiro atoms. The number of rotatable bonds is 10. The zero-order valence-electron chi connectivity index (χ0n) is 14.7. The van der Waals surface area contributed by atoms with Crippen molar-refractivity contribution in [3.8, 4) is 6.07 Å². The Hall–Kier alpha value is -1.76. The molecular formula is C17H22F3N3O2S. The van der Waals surface area contributed by atoms with Gasteiger partial charge >= 0.3 is 6.18 Å². The number of nitrogens with one attached hydrogen (secondary N) is 1. The van der Waals surface area contributed by atoms with Crippen molar-refractivity contribution in [2.45, 2.75) is 18.0 Å². The van der Waals surface area contributed by atoms with Crippen LogP contribution in [0.1, 0.15) is 6.92 Å². The van der Waals surface area contributed by atoms with Gasteiger partial charge in [-0.1, -0.05) is 12.1 Å². The predicted molar refractivity (Wildman–Crippen MR) is 94.9 cm³/mol. The van der Waals surface area contributed by atoms with Crippen LogP contribution >= 0.6 is 11.8 Å². The first kappa shape index (κ1) is 22.3. The number of anilines is 1. The van der Waals surface area contributed by atoms with Crippen LogP contribution in [-0.2, 0) is 9.53 Å². The Morgan fingerprint density at radius 3 is 2.73 bits per heavy atom. The molecule has 0 saturated carbocycles. The lowest BCUT2D eigenvalue weighted by Gasteiger charge is -2.23. The Balaban J connectivity index is 2.71. The van der Waals surface area contributed by atoms with E-state index in [1.54, 1.807) is 31.2 Å². The van der Waals surface area contributed by atoms with Gasteiger partial charge in [0.05, 0.1) is 37.4 Å². The van der Waals surface area contributed by atoms with E-state index >= 15 is 0 Å². The second-order valence-corrected chi connectivity index (χ2v) is 6.77. The van der Waals surface area contributed by atoms with E-state index in [0.29, 0.717) is 11.4 Å². The van der Waals surface area contributed by atoms with Crippen LogP contribution < -0.4 is 5.32 Å². The van der Waals surface area contributed by atoms with E-state index in [9.17, 15) is 18.0 Å². The molecule has 26 heavy (non-hydrogen) atoms.